The van der Waals surface area contributed by atoms with Crippen molar-refractivity contribution in [1.29, 1.82) is 0 Å². The first-order valence-electron chi connectivity index (χ1n) is 13.6. The predicted molar refractivity (Wildman–Crippen MR) is 147 cm³/mol. The number of benzene rings is 2. The van der Waals surface area contributed by atoms with E-state index in [-0.39, 0.29) is 11.8 Å². The molecule has 4 rings (SSSR count). The van der Waals surface area contributed by atoms with Crippen molar-refractivity contribution in [2.75, 3.05) is 19.6 Å². The molecule has 5 nitrogen and oxygen atoms in total. The van der Waals surface area contributed by atoms with E-state index in [0.29, 0.717) is 6.42 Å². The second-order valence-electron chi connectivity index (χ2n) is 11.2. The van der Waals surface area contributed by atoms with Gasteiger partial charge in [0.25, 0.3) is 0 Å². The molecule has 0 radical (unpaired) electrons. The van der Waals surface area contributed by atoms with Crippen LogP contribution in [0.25, 0.3) is 0 Å². The first-order chi connectivity index (χ1) is 17.7. The van der Waals surface area contributed by atoms with Crippen LogP contribution in [0.3, 0.4) is 0 Å². The molecule has 1 aliphatic carbocycles. The molecule has 0 bridgehead atoms. The fraction of sp³-hybridized carbons (Fsp3) is 0.469. The molecule has 1 heterocycles. The molecule has 1 fully saturated rings. The van der Waals surface area contributed by atoms with Gasteiger partial charge in [0.1, 0.15) is 5.60 Å². The van der Waals surface area contributed by atoms with Gasteiger partial charge in [-0.25, -0.2) is 0 Å². The summed E-state index contributed by atoms with van der Waals surface area (Å²) in [5.74, 6) is -0.662. The molecule has 0 aromatic heterocycles. The Morgan fingerprint density at radius 1 is 1.00 bits per heavy atom. The zero-order valence-electron chi connectivity index (χ0n) is 22.1. The van der Waals surface area contributed by atoms with E-state index in [1.165, 1.54) is 0 Å². The number of aliphatic hydroxyl groups excluding tert-OH is 1. The third-order valence-corrected chi connectivity index (χ3v) is 8.46. The summed E-state index contributed by atoms with van der Waals surface area (Å²) in [6.07, 6.45) is 9.53. The Morgan fingerprint density at radius 2 is 1.57 bits per heavy atom. The molecule has 2 aliphatic rings. The van der Waals surface area contributed by atoms with Crippen LogP contribution < -0.4 is 0 Å². The highest BCUT2D eigenvalue weighted by Crippen LogP contribution is 2.42. The summed E-state index contributed by atoms with van der Waals surface area (Å²) in [6, 6.07) is 20.1. The van der Waals surface area contributed by atoms with Crippen LogP contribution >= 0.6 is 0 Å². The standard InChI is InChI=1S/C32H41NO4/c1-31(2,30(35)36)25-17-15-24(16-18-25)29(34)14-9-21-33-22-19-28(20-23-33)32(37,26-10-5-3-6-11-26)27-12-7-4-8-13-27/h3-8,10-13,15,17-18,24,28-29,34,37H,9,14,16,19-23H2,1-2H3,(H,35,36). The number of rotatable bonds is 10. The summed E-state index contributed by atoms with van der Waals surface area (Å²) in [6.45, 7) is 6.23. The van der Waals surface area contributed by atoms with Crippen LogP contribution in [0.2, 0.25) is 0 Å². The number of aliphatic hydroxyl groups is 2. The molecular weight excluding hydrogens is 462 g/mol. The zero-order chi connectivity index (χ0) is 26.5. The maximum atomic E-state index is 12.1. The number of allylic oxidation sites excluding steroid dienone is 2. The van der Waals surface area contributed by atoms with Crippen LogP contribution in [0.5, 0.6) is 0 Å². The lowest BCUT2D eigenvalue weighted by Gasteiger charge is -2.42. The number of nitrogens with zero attached hydrogens (tertiary/aromatic N) is 1. The smallest absolute Gasteiger partial charge is 0.313 e. The van der Waals surface area contributed by atoms with Crippen LogP contribution in [-0.2, 0) is 10.4 Å². The average molecular weight is 504 g/mol. The first kappa shape index (κ1) is 27.3. The van der Waals surface area contributed by atoms with Crippen LogP contribution in [0.15, 0.2) is 84.5 Å². The summed E-state index contributed by atoms with van der Waals surface area (Å²) >= 11 is 0. The first-order valence-corrected chi connectivity index (χ1v) is 13.6. The van der Waals surface area contributed by atoms with Gasteiger partial charge in [-0.3, -0.25) is 4.79 Å². The Hall–Kier alpha value is -2.73. The van der Waals surface area contributed by atoms with E-state index in [1.54, 1.807) is 13.8 Å². The number of carboxylic acid groups (broad SMARTS) is 1. The molecule has 0 spiro atoms. The normalized spacial score (nSPS) is 20.4. The second-order valence-corrected chi connectivity index (χ2v) is 11.2. The van der Waals surface area contributed by atoms with Gasteiger partial charge in [-0.2, -0.15) is 0 Å². The van der Waals surface area contributed by atoms with Gasteiger partial charge >= 0.3 is 5.97 Å². The van der Waals surface area contributed by atoms with Crippen molar-refractivity contribution >= 4 is 5.97 Å². The van der Waals surface area contributed by atoms with E-state index in [1.807, 2.05) is 78.9 Å². The Morgan fingerprint density at radius 3 is 2.05 bits per heavy atom. The maximum Gasteiger partial charge on any atom is 0.313 e. The predicted octanol–water partition coefficient (Wildman–Crippen LogP) is 5.39. The third-order valence-electron chi connectivity index (χ3n) is 8.46. The number of carbonyl (C=O) groups is 1. The Kier molecular flexibility index (Phi) is 8.68. The summed E-state index contributed by atoms with van der Waals surface area (Å²) in [7, 11) is 0. The molecule has 37 heavy (non-hydrogen) atoms. The van der Waals surface area contributed by atoms with Crippen molar-refractivity contribution in [1.82, 2.24) is 4.90 Å². The van der Waals surface area contributed by atoms with Gasteiger partial charge in [0.15, 0.2) is 0 Å². The van der Waals surface area contributed by atoms with Crippen molar-refractivity contribution in [3.63, 3.8) is 0 Å². The largest absolute Gasteiger partial charge is 0.481 e. The molecule has 5 heteroatoms. The van der Waals surface area contributed by atoms with Crippen molar-refractivity contribution in [3.8, 4) is 0 Å². The highest BCUT2D eigenvalue weighted by Gasteiger charge is 2.41. The SMILES string of the molecule is CC(C)(C(=O)O)C1=CCC(C(O)CCCN2CCC(C(O)(c3ccccc3)c3ccccc3)CC2)C=C1. The maximum absolute atomic E-state index is 12.1. The molecule has 198 valence electrons. The molecule has 0 saturated carbocycles. The van der Waals surface area contributed by atoms with Crippen LogP contribution in [0, 0.1) is 17.3 Å². The van der Waals surface area contributed by atoms with E-state index in [9.17, 15) is 20.1 Å². The van der Waals surface area contributed by atoms with Gasteiger partial charge < -0.3 is 20.2 Å². The van der Waals surface area contributed by atoms with Crippen LogP contribution in [0.4, 0.5) is 0 Å². The summed E-state index contributed by atoms with van der Waals surface area (Å²) in [5, 5.41) is 32.3. The van der Waals surface area contributed by atoms with Crippen molar-refractivity contribution in [2.24, 2.45) is 17.3 Å². The topological polar surface area (TPSA) is 81.0 Å². The molecule has 2 atom stereocenters. The molecule has 1 aliphatic heterocycles. The molecule has 2 aromatic carbocycles. The highest BCUT2D eigenvalue weighted by molar-refractivity contribution is 5.78. The van der Waals surface area contributed by atoms with E-state index in [0.717, 1.165) is 62.0 Å². The number of hydrogen-bond acceptors (Lipinski definition) is 4. The summed E-state index contributed by atoms with van der Waals surface area (Å²) in [4.78, 5) is 14.0. The van der Waals surface area contributed by atoms with E-state index < -0.39 is 23.1 Å². The fourth-order valence-electron chi connectivity index (χ4n) is 5.84. The van der Waals surface area contributed by atoms with Crippen molar-refractivity contribution in [2.45, 2.75) is 57.7 Å². The molecule has 1 saturated heterocycles. The number of aliphatic carboxylic acids is 1. The van der Waals surface area contributed by atoms with Crippen LogP contribution in [-0.4, -0.2) is 51.9 Å². The Bertz CT molecular complexity index is 1040. The lowest BCUT2D eigenvalue weighted by Crippen LogP contribution is -2.44. The molecule has 0 amide bonds. The number of likely N-dealkylation sites (tertiary alicyclic amines) is 1. The van der Waals surface area contributed by atoms with Gasteiger partial charge in [0.2, 0.25) is 0 Å². The minimum Gasteiger partial charge on any atom is -0.481 e. The summed E-state index contributed by atoms with van der Waals surface area (Å²) in [5.41, 5.74) is 0.794. The quantitative estimate of drug-likeness (QED) is 0.405. The van der Waals surface area contributed by atoms with Crippen molar-refractivity contribution in [3.05, 3.63) is 95.6 Å². The number of hydrogen-bond donors (Lipinski definition) is 3. The van der Waals surface area contributed by atoms with Gasteiger partial charge in [-0.05, 0) is 88.2 Å². The van der Waals surface area contributed by atoms with Crippen LogP contribution in [0.1, 0.15) is 57.1 Å². The molecule has 2 unspecified atom stereocenters. The molecule has 3 N–H and O–H groups in total. The zero-order valence-corrected chi connectivity index (χ0v) is 22.1. The van der Waals surface area contributed by atoms with Crippen molar-refractivity contribution < 1.29 is 20.1 Å². The van der Waals surface area contributed by atoms with E-state index in [4.69, 9.17) is 0 Å². The fourth-order valence-corrected chi connectivity index (χ4v) is 5.84. The number of carboxylic acids is 1. The van der Waals surface area contributed by atoms with Gasteiger partial charge in [0.05, 0.1) is 11.5 Å². The van der Waals surface area contributed by atoms with Gasteiger partial charge in [0, 0.05) is 5.92 Å². The lowest BCUT2D eigenvalue weighted by atomic mass is 9.72. The van der Waals surface area contributed by atoms with E-state index in [2.05, 4.69) is 4.90 Å². The minimum absolute atomic E-state index is 0.0332. The average Bonchev–Trinajstić information content (AvgIpc) is 2.94. The minimum atomic E-state index is -1.00. The monoisotopic (exact) mass is 503 g/mol. The van der Waals surface area contributed by atoms with Gasteiger partial charge in [-0.15, -0.1) is 0 Å². The Labute approximate surface area is 221 Å². The van der Waals surface area contributed by atoms with Gasteiger partial charge in [-0.1, -0.05) is 78.9 Å². The summed E-state index contributed by atoms with van der Waals surface area (Å²) < 4.78 is 0. The number of piperidine rings is 1. The Balaban J connectivity index is 1.28. The molecule has 2 aromatic rings. The lowest BCUT2D eigenvalue weighted by molar-refractivity contribution is -0.144. The second kappa shape index (κ2) is 11.8. The third kappa shape index (κ3) is 6.06. The highest BCUT2D eigenvalue weighted by atomic mass is 16.4. The van der Waals surface area contributed by atoms with E-state index >= 15 is 0 Å². The molecular formula is C32H41NO4.